The Balaban J connectivity index is 1.73. The van der Waals surface area contributed by atoms with Crippen molar-refractivity contribution in [3.8, 4) is 0 Å². The van der Waals surface area contributed by atoms with E-state index in [0.717, 1.165) is 4.90 Å². The number of urea groups is 1. The van der Waals surface area contributed by atoms with E-state index in [9.17, 15) is 36.7 Å². The Hall–Kier alpha value is -3.18. The molecule has 2 fully saturated rings. The molecule has 1 aromatic carbocycles. The van der Waals surface area contributed by atoms with Gasteiger partial charge in [0.1, 0.15) is 17.4 Å². The summed E-state index contributed by atoms with van der Waals surface area (Å²) < 4.78 is 53.0. The van der Waals surface area contributed by atoms with Crippen LogP contribution in [0.1, 0.15) is 42.6 Å². The molecule has 0 unspecified atom stereocenters. The van der Waals surface area contributed by atoms with Crippen LogP contribution in [0.15, 0.2) is 18.2 Å². The fraction of sp³-hybridized carbons (Fsp3) is 0.524. The van der Waals surface area contributed by atoms with E-state index < -0.39 is 58.5 Å². The number of nitrogens with zero attached hydrogens (tertiary/aromatic N) is 2. The van der Waals surface area contributed by atoms with E-state index >= 15 is 0 Å². The summed E-state index contributed by atoms with van der Waals surface area (Å²) in [6.45, 7) is 3.50. The number of nitrogens with one attached hydrogen (secondary N) is 2. The van der Waals surface area contributed by atoms with Crippen molar-refractivity contribution in [3.63, 3.8) is 0 Å². The highest BCUT2D eigenvalue weighted by Crippen LogP contribution is 2.31. The number of imide groups is 1. The summed E-state index contributed by atoms with van der Waals surface area (Å²) in [7, 11) is 1.36. The fourth-order valence-electron chi connectivity index (χ4n) is 4.01. The van der Waals surface area contributed by atoms with E-state index in [1.54, 1.807) is 13.8 Å². The molecule has 2 saturated heterocycles. The van der Waals surface area contributed by atoms with Crippen molar-refractivity contribution in [2.24, 2.45) is 5.92 Å². The second-order valence-corrected chi connectivity index (χ2v) is 8.59. The molecular weight excluding hydrogens is 448 g/mol. The molecule has 0 saturated carbocycles. The SMILES string of the molecule is CC(C)[C@@H](NC(=O)c1cc(C(F)(F)F)ccc1F)C(=O)N1CCC2(CC1)NC(=O)N(C)C2=O. The van der Waals surface area contributed by atoms with Crippen LogP contribution >= 0.6 is 0 Å². The number of halogens is 4. The summed E-state index contributed by atoms with van der Waals surface area (Å²) in [6, 6.07) is -0.159. The third-order valence-electron chi connectivity index (χ3n) is 6.05. The summed E-state index contributed by atoms with van der Waals surface area (Å²) in [5.74, 6) is -3.63. The van der Waals surface area contributed by atoms with Crippen LogP contribution in [-0.4, -0.2) is 65.3 Å². The average molecular weight is 472 g/mol. The zero-order valence-corrected chi connectivity index (χ0v) is 18.3. The lowest BCUT2D eigenvalue weighted by molar-refractivity contribution is -0.140. The highest BCUT2D eigenvalue weighted by atomic mass is 19.4. The third-order valence-corrected chi connectivity index (χ3v) is 6.05. The van der Waals surface area contributed by atoms with Gasteiger partial charge in [-0.1, -0.05) is 13.8 Å². The molecule has 180 valence electrons. The first-order valence-corrected chi connectivity index (χ1v) is 10.3. The fourth-order valence-corrected chi connectivity index (χ4v) is 4.01. The van der Waals surface area contributed by atoms with Gasteiger partial charge in [-0.05, 0) is 37.0 Å². The maximum absolute atomic E-state index is 14.1. The van der Waals surface area contributed by atoms with E-state index in [1.807, 2.05) is 0 Å². The molecule has 1 atom stereocenters. The molecule has 8 nitrogen and oxygen atoms in total. The van der Waals surface area contributed by atoms with E-state index in [0.29, 0.717) is 18.2 Å². The van der Waals surface area contributed by atoms with Gasteiger partial charge in [-0.2, -0.15) is 13.2 Å². The topological polar surface area (TPSA) is 98.8 Å². The first-order chi connectivity index (χ1) is 15.3. The number of carbonyl (C=O) groups is 4. The van der Waals surface area contributed by atoms with Crippen molar-refractivity contribution in [2.45, 2.75) is 44.4 Å². The maximum Gasteiger partial charge on any atom is 0.416 e. The first kappa shape index (κ1) is 24.5. The minimum atomic E-state index is -4.76. The number of carbonyl (C=O) groups excluding carboxylic acids is 4. The molecule has 1 spiro atoms. The normalized spacial score (nSPS) is 19.2. The lowest BCUT2D eigenvalue weighted by Gasteiger charge is -2.39. The van der Waals surface area contributed by atoms with Crippen LogP contribution in [0.4, 0.5) is 22.4 Å². The van der Waals surface area contributed by atoms with Gasteiger partial charge in [0.2, 0.25) is 5.91 Å². The lowest BCUT2D eigenvalue weighted by atomic mass is 9.87. The molecule has 0 radical (unpaired) electrons. The van der Waals surface area contributed by atoms with Crippen LogP contribution in [0, 0.1) is 11.7 Å². The zero-order chi connectivity index (χ0) is 24.7. The maximum atomic E-state index is 14.1. The number of hydrogen-bond acceptors (Lipinski definition) is 4. The Kier molecular flexibility index (Phi) is 6.40. The molecular formula is C21H24F4N4O4. The van der Waals surface area contributed by atoms with Gasteiger partial charge in [0.05, 0.1) is 11.1 Å². The Bertz CT molecular complexity index is 987. The molecule has 3 rings (SSSR count). The van der Waals surface area contributed by atoms with Gasteiger partial charge in [-0.25, -0.2) is 9.18 Å². The second kappa shape index (κ2) is 8.64. The monoisotopic (exact) mass is 472 g/mol. The number of benzene rings is 1. The number of likely N-dealkylation sites (N-methyl/N-ethyl adjacent to an activating group) is 1. The van der Waals surface area contributed by atoms with Gasteiger partial charge < -0.3 is 15.5 Å². The van der Waals surface area contributed by atoms with Crippen molar-refractivity contribution >= 4 is 23.8 Å². The van der Waals surface area contributed by atoms with Gasteiger partial charge in [0.25, 0.3) is 11.8 Å². The number of hydrogen-bond donors (Lipinski definition) is 2. The van der Waals surface area contributed by atoms with Crippen LogP contribution in [0.2, 0.25) is 0 Å². The predicted octanol–water partition coefficient (Wildman–Crippen LogP) is 2.14. The summed E-state index contributed by atoms with van der Waals surface area (Å²) in [6.07, 6.45) is -4.41. The second-order valence-electron chi connectivity index (χ2n) is 8.59. The first-order valence-electron chi connectivity index (χ1n) is 10.3. The van der Waals surface area contributed by atoms with Gasteiger partial charge in [-0.15, -0.1) is 0 Å². The molecule has 2 heterocycles. The summed E-state index contributed by atoms with van der Waals surface area (Å²) >= 11 is 0. The zero-order valence-electron chi connectivity index (χ0n) is 18.3. The molecule has 0 aromatic heterocycles. The molecule has 5 amide bonds. The van der Waals surface area contributed by atoms with E-state index in [2.05, 4.69) is 10.6 Å². The minimum absolute atomic E-state index is 0.121. The quantitative estimate of drug-likeness (QED) is 0.518. The molecule has 2 N–H and O–H groups in total. The number of likely N-dealkylation sites (tertiary alicyclic amines) is 1. The number of alkyl halides is 3. The smallest absolute Gasteiger partial charge is 0.341 e. The Morgan fingerprint density at radius 1 is 1.15 bits per heavy atom. The average Bonchev–Trinajstić information content (AvgIpc) is 2.94. The summed E-state index contributed by atoms with van der Waals surface area (Å²) in [4.78, 5) is 52.3. The van der Waals surface area contributed by atoms with Crippen molar-refractivity contribution in [2.75, 3.05) is 20.1 Å². The Labute approximate surface area is 187 Å². The molecule has 33 heavy (non-hydrogen) atoms. The Morgan fingerprint density at radius 3 is 2.24 bits per heavy atom. The van der Waals surface area contributed by atoms with E-state index in [1.165, 1.54) is 11.9 Å². The van der Waals surface area contributed by atoms with Crippen LogP contribution in [0.5, 0.6) is 0 Å². The predicted molar refractivity (Wildman–Crippen MR) is 107 cm³/mol. The summed E-state index contributed by atoms with van der Waals surface area (Å²) in [5, 5.41) is 5.00. The van der Waals surface area contributed by atoms with Crippen molar-refractivity contribution < 1.29 is 36.7 Å². The van der Waals surface area contributed by atoms with Gasteiger partial charge >= 0.3 is 12.2 Å². The van der Waals surface area contributed by atoms with Gasteiger partial charge in [-0.3, -0.25) is 19.3 Å². The van der Waals surface area contributed by atoms with Crippen LogP contribution in [-0.2, 0) is 15.8 Å². The highest BCUT2D eigenvalue weighted by molar-refractivity contribution is 6.07. The standard InChI is InChI=1S/C21H24F4N4O4/c1-11(2)15(26-16(30)13-10-12(21(23,24)25)4-5-14(13)22)17(31)29-8-6-20(7-9-29)18(32)28(3)19(33)27-20/h4-5,10-11,15H,6-9H2,1-3H3,(H,26,30)(H,27,33)/t15-/m1/s1. The molecule has 1 aromatic rings. The largest absolute Gasteiger partial charge is 0.416 e. The number of piperidine rings is 1. The molecule has 2 aliphatic rings. The minimum Gasteiger partial charge on any atom is -0.341 e. The van der Waals surface area contributed by atoms with Crippen molar-refractivity contribution in [1.29, 1.82) is 0 Å². The van der Waals surface area contributed by atoms with Crippen molar-refractivity contribution in [3.05, 3.63) is 35.1 Å². The lowest BCUT2D eigenvalue weighted by Crippen LogP contribution is -2.59. The highest BCUT2D eigenvalue weighted by Gasteiger charge is 2.51. The third kappa shape index (κ3) is 4.64. The van der Waals surface area contributed by atoms with Crippen molar-refractivity contribution in [1.82, 2.24) is 20.4 Å². The number of amides is 5. The van der Waals surface area contributed by atoms with E-state index in [4.69, 9.17) is 0 Å². The van der Waals surface area contributed by atoms with Crippen LogP contribution in [0.25, 0.3) is 0 Å². The molecule has 0 aliphatic carbocycles. The van der Waals surface area contributed by atoms with E-state index in [-0.39, 0.29) is 31.8 Å². The molecule has 12 heteroatoms. The van der Waals surface area contributed by atoms with Crippen LogP contribution < -0.4 is 10.6 Å². The number of rotatable bonds is 4. The summed E-state index contributed by atoms with van der Waals surface area (Å²) in [5.41, 5.74) is -3.08. The van der Waals surface area contributed by atoms with Crippen LogP contribution in [0.3, 0.4) is 0 Å². The van der Waals surface area contributed by atoms with Gasteiger partial charge in [0, 0.05) is 20.1 Å². The molecule has 2 aliphatic heterocycles. The Morgan fingerprint density at radius 2 is 1.76 bits per heavy atom. The van der Waals surface area contributed by atoms with Gasteiger partial charge in [0.15, 0.2) is 0 Å². The molecule has 0 bridgehead atoms.